The summed E-state index contributed by atoms with van der Waals surface area (Å²) in [7, 11) is 0. The molecule has 0 aromatic heterocycles. The number of hydrogen-bond donors (Lipinski definition) is 2. The monoisotopic (exact) mass is 447 g/mol. The number of rotatable bonds is 6. The fraction of sp³-hybridized carbons (Fsp3) is 0.111. The van der Waals surface area contributed by atoms with E-state index in [4.69, 9.17) is 5.26 Å². The van der Waals surface area contributed by atoms with E-state index in [2.05, 4.69) is 42.5 Å². The van der Waals surface area contributed by atoms with Gasteiger partial charge >= 0.3 is 0 Å². The molecule has 0 aliphatic rings. The molecule has 4 nitrogen and oxygen atoms in total. The van der Waals surface area contributed by atoms with Gasteiger partial charge in [-0.25, -0.2) is 0 Å². The van der Waals surface area contributed by atoms with E-state index in [0.29, 0.717) is 12.2 Å². The van der Waals surface area contributed by atoms with Crippen molar-refractivity contribution >= 4 is 43.5 Å². The van der Waals surface area contributed by atoms with Crippen molar-refractivity contribution in [2.24, 2.45) is 0 Å². The summed E-state index contributed by atoms with van der Waals surface area (Å²) >= 11 is 6.76. The fourth-order valence-electron chi connectivity index (χ4n) is 1.96. The Morgan fingerprint density at radius 3 is 2.54 bits per heavy atom. The Kier molecular flexibility index (Phi) is 7.04. The van der Waals surface area contributed by atoms with Crippen molar-refractivity contribution in [3.8, 4) is 6.07 Å². The van der Waals surface area contributed by atoms with E-state index >= 15 is 0 Å². The Bertz CT molecular complexity index is 780. The van der Waals surface area contributed by atoms with Crippen LogP contribution in [0.25, 0.3) is 0 Å². The van der Waals surface area contributed by atoms with Crippen LogP contribution < -0.4 is 10.6 Å². The zero-order chi connectivity index (χ0) is 17.4. The molecule has 0 aliphatic heterocycles. The second kappa shape index (κ2) is 9.26. The van der Waals surface area contributed by atoms with Gasteiger partial charge in [0.15, 0.2) is 0 Å². The van der Waals surface area contributed by atoms with Gasteiger partial charge in [0, 0.05) is 27.4 Å². The quantitative estimate of drug-likeness (QED) is 0.391. The van der Waals surface area contributed by atoms with Crippen LogP contribution in [-0.4, -0.2) is 12.5 Å². The maximum atomic E-state index is 12.1. The molecule has 2 aromatic rings. The molecule has 0 radical (unpaired) electrons. The van der Waals surface area contributed by atoms with Crippen LogP contribution in [0.2, 0.25) is 0 Å². The van der Waals surface area contributed by atoms with E-state index < -0.39 is 5.91 Å². The normalized spacial score (nSPS) is 10.8. The third kappa shape index (κ3) is 5.84. The summed E-state index contributed by atoms with van der Waals surface area (Å²) in [5.41, 5.74) is 1.84. The maximum absolute atomic E-state index is 12.1. The number of hydrogen-bond acceptors (Lipinski definition) is 3. The molecule has 0 heterocycles. The van der Waals surface area contributed by atoms with Gasteiger partial charge in [-0.05, 0) is 48.4 Å². The molecular weight excluding hydrogens is 434 g/mol. The van der Waals surface area contributed by atoms with E-state index in [1.807, 2.05) is 42.5 Å². The minimum absolute atomic E-state index is 0.0344. The molecule has 0 bridgehead atoms. The Morgan fingerprint density at radius 1 is 1.12 bits per heavy atom. The molecule has 2 rings (SSSR count). The maximum Gasteiger partial charge on any atom is 0.267 e. The largest absolute Gasteiger partial charge is 0.389 e. The SMILES string of the molecule is N#C/C(=C/NCCc1cccc(Br)c1)C(=O)Nc1ccc(Br)cc1. The summed E-state index contributed by atoms with van der Waals surface area (Å²) in [6, 6.07) is 17.1. The van der Waals surface area contributed by atoms with Crippen LogP contribution in [0.5, 0.6) is 0 Å². The van der Waals surface area contributed by atoms with E-state index in [1.165, 1.54) is 11.8 Å². The van der Waals surface area contributed by atoms with Crippen LogP contribution in [0.15, 0.2) is 69.2 Å². The zero-order valence-corrected chi connectivity index (χ0v) is 15.9. The van der Waals surface area contributed by atoms with Crippen LogP contribution in [0.3, 0.4) is 0 Å². The molecule has 1 amide bonds. The predicted octanol–water partition coefficient (Wildman–Crippen LogP) is 4.39. The first-order valence-electron chi connectivity index (χ1n) is 7.23. The number of nitriles is 1. The predicted molar refractivity (Wildman–Crippen MR) is 102 cm³/mol. The molecule has 0 aliphatic carbocycles. The summed E-state index contributed by atoms with van der Waals surface area (Å²) in [6.07, 6.45) is 2.25. The Labute approximate surface area is 157 Å². The number of amides is 1. The highest BCUT2D eigenvalue weighted by Crippen LogP contribution is 2.15. The smallest absolute Gasteiger partial charge is 0.267 e. The van der Waals surface area contributed by atoms with Crippen molar-refractivity contribution in [3.05, 3.63) is 74.8 Å². The van der Waals surface area contributed by atoms with Crippen molar-refractivity contribution in [2.45, 2.75) is 6.42 Å². The van der Waals surface area contributed by atoms with Crippen molar-refractivity contribution in [1.29, 1.82) is 5.26 Å². The first kappa shape index (κ1) is 18.2. The highest BCUT2D eigenvalue weighted by atomic mass is 79.9. The molecule has 122 valence electrons. The summed E-state index contributed by atoms with van der Waals surface area (Å²) in [4.78, 5) is 12.1. The van der Waals surface area contributed by atoms with E-state index in [9.17, 15) is 4.79 Å². The lowest BCUT2D eigenvalue weighted by Crippen LogP contribution is -2.18. The number of carbonyl (C=O) groups excluding carboxylic acids is 1. The second-order valence-corrected chi connectivity index (χ2v) is 6.80. The fourth-order valence-corrected chi connectivity index (χ4v) is 2.67. The lowest BCUT2D eigenvalue weighted by atomic mass is 10.1. The van der Waals surface area contributed by atoms with Crippen LogP contribution in [0.1, 0.15) is 5.56 Å². The van der Waals surface area contributed by atoms with Gasteiger partial charge in [0.05, 0.1) is 0 Å². The zero-order valence-electron chi connectivity index (χ0n) is 12.7. The number of nitrogens with zero attached hydrogens (tertiary/aromatic N) is 1. The number of carbonyl (C=O) groups is 1. The molecule has 0 unspecified atom stereocenters. The highest BCUT2D eigenvalue weighted by Gasteiger charge is 2.08. The van der Waals surface area contributed by atoms with Crippen molar-refractivity contribution in [2.75, 3.05) is 11.9 Å². The van der Waals surface area contributed by atoms with Crippen molar-refractivity contribution < 1.29 is 4.79 Å². The molecule has 0 fully saturated rings. The van der Waals surface area contributed by atoms with Crippen molar-refractivity contribution in [3.63, 3.8) is 0 Å². The topological polar surface area (TPSA) is 64.9 Å². The van der Waals surface area contributed by atoms with Crippen LogP contribution >= 0.6 is 31.9 Å². The van der Waals surface area contributed by atoms with Gasteiger partial charge in [-0.2, -0.15) is 5.26 Å². The van der Waals surface area contributed by atoms with E-state index in [1.54, 1.807) is 12.1 Å². The summed E-state index contributed by atoms with van der Waals surface area (Å²) in [5, 5.41) is 14.8. The average molecular weight is 449 g/mol. The molecule has 0 saturated carbocycles. The van der Waals surface area contributed by atoms with Gasteiger partial charge < -0.3 is 10.6 Å². The van der Waals surface area contributed by atoms with Gasteiger partial charge in [0.25, 0.3) is 5.91 Å². The van der Waals surface area contributed by atoms with Gasteiger partial charge in [-0.15, -0.1) is 0 Å². The molecule has 0 spiro atoms. The van der Waals surface area contributed by atoms with Gasteiger partial charge in [0.2, 0.25) is 0 Å². The molecule has 0 saturated heterocycles. The summed E-state index contributed by atoms with van der Waals surface area (Å²) in [6.45, 7) is 0.632. The van der Waals surface area contributed by atoms with Gasteiger partial charge in [-0.3, -0.25) is 4.79 Å². The Morgan fingerprint density at radius 2 is 1.88 bits per heavy atom. The number of benzene rings is 2. The molecule has 6 heteroatoms. The lowest BCUT2D eigenvalue weighted by molar-refractivity contribution is -0.112. The van der Waals surface area contributed by atoms with Crippen LogP contribution in [-0.2, 0) is 11.2 Å². The van der Waals surface area contributed by atoms with Gasteiger partial charge in [-0.1, -0.05) is 44.0 Å². The van der Waals surface area contributed by atoms with Gasteiger partial charge in [0.1, 0.15) is 11.6 Å². The molecule has 24 heavy (non-hydrogen) atoms. The second-order valence-electron chi connectivity index (χ2n) is 4.96. The third-order valence-corrected chi connectivity index (χ3v) is 4.18. The first-order chi connectivity index (χ1) is 11.6. The number of halogens is 2. The standard InChI is InChI=1S/C18H15Br2N3O/c19-15-4-6-17(7-5-15)23-18(24)14(11-21)12-22-9-8-13-2-1-3-16(20)10-13/h1-7,10,12,22H,8-9H2,(H,23,24)/b14-12-. The number of anilines is 1. The van der Waals surface area contributed by atoms with Crippen LogP contribution in [0, 0.1) is 11.3 Å². The Hall–Kier alpha value is -2.10. The summed E-state index contributed by atoms with van der Waals surface area (Å²) in [5.74, 6) is -0.435. The minimum Gasteiger partial charge on any atom is -0.389 e. The Balaban J connectivity index is 1.87. The molecule has 2 N–H and O–H groups in total. The lowest BCUT2D eigenvalue weighted by Gasteiger charge is -2.06. The molecule has 2 aromatic carbocycles. The van der Waals surface area contributed by atoms with Crippen molar-refractivity contribution in [1.82, 2.24) is 5.32 Å². The third-order valence-electron chi connectivity index (χ3n) is 3.16. The van der Waals surface area contributed by atoms with E-state index in [0.717, 1.165) is 15.4 Å². The minimum atomic E-state index is -0.435. The van der Waals surface area contributed by atoms with Crippen LogP contribution in [0.4, 0.5) is 5.69 Å². The van der Waals surface area contributed by atoms with E-state index in [-0.39, 0.29) is 5.57 Å². The molecular formula is C18H15Br2N3O. The summed E-state index contributed by atoms with van der Waals surface area (Å²) < 4.78 is 1.95. The highest BCUT2D eigenvalue weighted by molar-refractivity contribution is 9.10. The average Bonchev–Trinajstić information content (AvgIpc) is 2.57. The first-order valence-corrected chi connectivity index (χ1v) is 8.82. The molecule has 0 atom stereocenters. The number of nitrogens with one attached hydrogen (secondary N) is 2.